The first-order valence-electron chi connectivity index (χ1n) is 7.56. The highest BCUT2D eigenvalue weighted by atomic mass is 16.2. The Kier molecular flexibility index (Phi) is 11.7. The standard InChI is InChI=1S/C13H28N8O2/c14-12(15)18-7-3-1-5-10(22)20-9-21-11(23)6-2-4-8-19-13(16)17/h1-9H2,(H,20,22)(H,21,23)(H4,14,15,18)(H4,16,17,19). The fraction of sp³-hybridized carbons (Fsp3) is 0.692. The van der Waals surface area contributed by atoms with Crippen molar-refractivity contribution in [2.24, 2.45) is 32.9 Å². The second-order valence-corrected chi connectivity index (χ2v) is 4.90. The lowest BCUT2D eigenvalue weighted by Crippen LogP contribution is -2.37. The number of nitrogens with zero attached hydrogens (tertiary/aromatic N) is 2. The Hall–Kier alpha value is -2.52. The van der Waals surface area contributed by atoms with Crippen LogP contribution < -0.4 is 33.6 Å². The zero-order valence-electron chi connectivity index (χ0n) is 13.4. The van der Waals surface area contributed by atoms with Gasteiger partial charge in [0.1, 0.15) is 0 Å². The summed E-state index contributed by atoms with van der Waals surface area (Å²) in [6.45, 7) is 1.14. The minimum Gasteiger partial charge on any atom is -0.370 e. The van der Waals surface area contributed by atoms with Crippen LogP contribution >= 0.6 is 0 Å². The Morgan fingerprint density at radius 1 is 0.696 bits per heavy atom. The van der Waals surface area contributed by atoms with Gasteiger partial charge in [-0.25, -0.2) is 0 Å². The maximum absolute atomic E-state index is 11.5. The van der Waals surface area contributed by atoms with Crippen molar-refractivity contribution in [2.45, 2.75) is 38.5 Å². The second-order valence-electron chi connectivity index (χ2n) is 4.90. The molecule has 0 heterocycles. The monoisotopic (exact) mass is 328 g/mol. The smallest absolute Gasteiger partial charge is 0.221 e. The fourth-order valence-electron chi connectivity index (χ4n) is 1.63. The molecular formula is C13H28N8O2. The molecule has 0 rings (SSSR count). The van der Waals surface area contributed by atoms with Crippen LogP contribution in [0.25, 0.3) is 0 Å². The summed E-state index contributed by atoms with van der Waals surface area (Å²) in [6, 6.07) is 0. The Balaban J connectivity index is 3.50. The predicted octanol–water partition coefficient (Wildman–Crippen LogP) is -1.94. The van der Waals surface area contributed by atoms with Gasteiger partial charge in [0.15, 0.2) is 11.9 Å². The maximum atomic E-state index is 11.5. The number of carbonyl (C=O) groups is 2. The van der Waals surface area contributed by atoms with Crippen LogP contribution in [-0.2, 0) is 9.59 Å². The Labute approximate surface area is 136 Å². The van der Waals surface area contributed by atoms with Crippen LogP contribution in [-0.4, -0.2) is 43.5 Å². The summed E-state index contributed by atoms with van der Waals surface area (Å²) in [5.41, 5.74) is 20.7. The molecule has 0 saturated heterocycles. The van der Waals surface area contributed by atoms with E-state index in [2.05, 4.69) is 20.6 Å². The molecule has 0 aliphatic carbocycles. The number of unbranched alkanes of at least 4 members (excludes halogenated alkanes) is 2. The van der Waals surface area contributed by atoms with E-state index in [9.17, 15) is 9.59 Å². The van der Waals surface area contributed by atoms with E-state index in [4.69, 9.17) is 22.9 Å². The number of guanidine groups is 2. The van der Waals surface area contributed by atoms with Crippen molar-refractivity contribution in [1.29, 1.82) is 0 Å². The average molecular weight is 328 g/mol. The lowest BCUT2D eigenvalue weighted by Gasteiger charge is -2.07. The minimum atomic E-state index is -0.122. The van der Waals surface area contributed by atoms with E-state index in [1.54, 1.807) is 0 Å². The third-order valence-corrected chi connectivity index (χ3v) is 2.78. The van der Waals surface area contributed by atoms with E-state index in [0.29, 0.717) is 38.8 Å². The van der Waals surface area contributed by atoms with Gasteiger partial charge in [-0.3, -0.25) is 19.6 Å². The molecular weight excluding hydrogens is 300 g/mol. The van der Waals surface area contributed by atoms with E-state index < -0.39 is 0 Å². The third-order valence-electron chi connectivity index (χ3n) is 2.78. The highest BCUT2D eigenvalue weighted by molar-refractivity contribution is 5.78. The van der Waals surface area contributed by atoms with E-state index in [0.717, 1.165) is 12.8 Å². The van der Waals surface area contributed by atoms with Crippen LogP contribution in [0.2, 0.25) is 0 Å². The maximum Gasteiger partial charge on any atom is 0.221 e. The van der Waals surface area contributed by atoms with Gasteiger partial charge in [0.25, 0.3) is 0 Å². The molecule has 10 N–H and O–H groups in total. The van der Waals surface area contributed by atoms with Gasteiger partial charge in [-0.1, -0.05) is 0 Å². The summed E-state index contributed by atoms with van der Waals surface area (Å²) in [6.07, 6.45) is 3.56. The fourth-order valence-corrected chi connectivity index (χ4v) is 1.63. The van der Waals surface area contributed by atoms with E-state index >= 15 is 0 Å². The molecule has 0 atom stereocenters. The van der Waals surface area contributed by atoms with E-state index in [1.165, 1.54) is 0 Å². The van der Waals surface area contributed by atoms with E-state index in [1.807, 2.05) is 0 Å². The number of nitrogens with two attached hydrogens (primary N) is 4. The molecule has 0 radical (unpaired) electrons. The first-order valence-corrected chi connectivity index (χ1v) is 7.56. The van der Waals surface area contributed by atoms with Crippen molar-refractivity contribution in [1.82, 2.24) is 10.6 Å². The number of aliphatic imine (C=N–C) groups is 2. The summed E-state index contributed by atoms with van der Waals surface area (Å²) in [7, 11) is 0. The van der Waals surface area contributed by atoms with Gasteiger partial charge in [-0.05, 0) is 25.7 Å². The van der Waals surface area contributed by atoms with Crippen LogP contribution in [0.1, 0.15) is 38.5 Å². The van der Waals surface area contributed by atoms with E-state index in [-0.39, 0.29) is 30.4 Å². The summed E-state index contributed by atoms with van der Waals surface area (Å²) in [4.78, 5) is 30.6. The molecule has 132 valence electrons. The van der Waals surface area contributed by atoms with Crippen LogP contribution in [0.4, 0.5) is 0 Å². The van der Waals surface area contributed by atoms with Crippen molar-refractivity contribution < 1.29 is 9.59 Å². The number of amides is 2. The molecule has 0 unspecified atom stereocenters. The minimum absolute atomic E-state index is 0.0514. The largest absolute Gasteiger partial charge is 0.370 e. The molecule has 0 bridgehead atoms. The van der Waals surface area contributed by atoms with Crippen molar-refractivity contribution in [3.8, 4) is 0 Å². The Bertz CT molecular complexity index is 376. The van der Waals surface area contributed by atoms with Crippen molar-refractivity contribution in [3.05, 3.63) is 0 Å². The summed E-state index contributed by atoms with van der Waals surface area (Å²) in [5.74, 6) is -0.142. The quantitative estimate of drug-likeness (QED) is 0.105. The summed E-state index contributed by atoms with van der Waals surface area (Å²) in [5, 5.41) is 5.24. The van der Waals surface area contributed by atoms with Crippen molar-refractivity contribution in [3.63, 3.8) is 0 Å². The highest BCUT2D eigenvalue weighted by Crippen LogP contribution is 1.96. The zero-order valence-corrected chi connectivity index (χ0v) is 13.4. The number of nitrogens with one attached hydrogen (secondary N) is 2. The molecule has 23 heavy (non-hydrogen) atoms. The molecule has 2 amide bonds. The predicted molar refractivity (Wildman–Crippen MR) is 90.2 cm³/mol. The van der Waals surface area contributed by atoms with Crippen LogP contribution in [0.3, 0.4) is 0 Å². The lowest BCUT2D eigenvalue weighted by molar-refractivity contribution is -0.122. The Morgan fingerprint density at radius 3 is 1.43 bits per heavy atom. The first kappa shape index (κ1) is 20.5. The molecule has 0 aromatic heterocycles. The summed E-state index contributed by atoms with van der Waals surface area (Å²) >= 11 is 0. The van der Waals surface area contributed by atoms with Gasteiger partial charge < -0.3 is 33.6 Å². The molecule has 0 aliphatic rings. The zero-order chi connectivity index (χ0) is 17.5. The number of hydrogen-bond acceptors (Lipinski definition) is 4. The molecule has 0 spiro atoms. The molecule has 0 aromatic carbocycles. The summed E-state index contributed by atoms with van der Waals surface area (Å²) < 4.78 is 0. The molecule has 0 aliphatic heterocycles. The molecule has 0 saturated carbocycles. The molecule has 10 heteroatoms. The molecule has 10 nitrogen and oxygen atoms in total. The van der Waals surface area contributed by atoms with Gasteiger partial charge in [0.2, 0.25) is 11.8 Å². The van der Waals surface area contributed by atoms with Crippen molar-refractivity contribution >= 4 is 23.7 Å². The van der Waals surface area contributed by atoms with Crippen molar-refractivity contribution in [2.75, 3.05) is 19.8 Å². The van der Waals surface area contributed by atoms with Crippen LogP contribution in [0.5, 0.6) is 0 Å². The van der Waals surface area contributed by atoms with Gasteiger partial charge in [-0.2, -0.15) is 0 Å². The highest BCUT2D eigenvalue weighted by Gasteiger charge is 2.03. The lowest BCUT2D eigenvalue weighted by atomic mass is 10.2. The van der Waals surface area contributed by atoms with Crippen LogP contribution in [0.15, 0.2) is 9.98 Å². The normalized spacial score (nSPS) is 9.74. The van der Waals surface area contributed by atoms with Crippen LogP contribution in [0, 0.1) is 0 Å². The van der Waals surface area contributed by atoms with Gasteiger partial charge in [0.05, 0.1) is 6.67 Å². The van der Waals surface area contributed by atoms with Gasteiger partial charge >= 0.3 is 0 Å². The number of hydrogen-bond donors (Lipinski definition) is 6. The third kappa shape index (κ3) is 15.7. The second kappa shape index (κ2) is 13.2. The molecule has 0 fully saturated rings. The average Bonchev–Trinajstić information content (AvgIpc) is 2.45. The number of rotatable bonds is 12. The SMILES string of the molecule is NC(N)=NCCCCC(=O)NCNC(=O)CCCCN=C(N)N. The van der Waals surface area contributed by atoms with Gasteiger partial charge in [-0.15, -0.1) is 0 Å². The van der Waals surface area contributed by atoms with Gasteiger partial charge in [0, 0.05) is 25.9 Å². The topological polar surface area (TPSA) is 187 Å². The first-order chi connectivity index (χ1) is 10.9. The molecule has 0 aromatic rings. The Morgan fingerprint density at radius 2 is 1.09 bits per heavy atom. The number of carbonyl (C=O) groups excluding carboxylic acids is 2.